The molecule has 0 aromatic carbocycles. The van der Waals surface area contributed by atoms with Gasteiger partial charge in [-0.2, -0.15) is 0 Å². The third-order valence-corrected chi connectivity index (χ3v) is 3.92. The molecular weight excluding hydrogens is 248 g/mol. The van der Waals surface area contributed by atoms with Crippen molar-refractivity contribution in [2.45, 2.75) is 27.7 Å². The molecule has 19 heavy (non-hydrogen) atoms. The van der Waals surface area contributed by atoms with Gasteiger partial charge in [-0.1, -0.05) is 13.8 Å². The highest BCUT2D eigenvalue weighted by Crippen LogP contribution is 2.58. The Hall–Kier alpha value is -1.59. The summed E-state index contributed by atoms with van der Waals surface area (Å²) in [5, 5.41) is 14.2. The van der Waals surface area contributed by atoms with Crippen molar-refractivity contribution in [3.63, 3.8) is 0 Å². The molecule has 1 aliphatic carbocycles. The van der Waals surface area contributed by atoms with Gasteiger partial charge in [-0.3, -0.25) is 14.4 Å². The van der Waals surface area contributed by atoms with E-state index in [1.807, 2.05) is 0 Å². The Morgan fingerprint density at radius 1 is 1.21 bits per heavy atom. The molecule has 3 N–H and O–H groups in total. The minimum atomic E-state index is -0.948. The average Bonchev–Trinajstić information content (AvgIpc) is 2.88. The molecule has 1 aliphatic rings. The Morgan fingerprint density at radius 2 is 1.74 bits per heavy atom. The van der Waals surface area contributed by atoms with Gasteiger partial charge >= 0.3 is 5.97 Å². The lowest BCUT2D eigenvalue weighted by Gasteiger charge is -2.23. The highest BCUT2D eigenvalue weighted by Gasteiger charge is 2.65. The monoisotopic (exact) mass is 270 g/mol. The maximum absolute atomic E-state index is 12.0. The molecule has 0 aromatic rings. The van der Waals surface area contributed by atoms with Crippen LogP contribution >= 0.6 is 0 Å². The van der Waals surface area contributed by atoms with E-state index in [2.05, 4.69) is 10.6 Å². The molecule has 2 atom stereocenters. The number of carboxylic acid groups (broad SMARTS) is 1. The van der Waals surface area contributed by atoms with E-state index in [9.17, 15) is 14.4 Å². The number of amides is 2. The van der Waals surface area contributed by atoms with Crippen molar-refractivity contribution in [2.75, 3.05) is 13.6 Å². The van der Waals surface area contributed by atoms with Crippen LogP contribution in [0.3, 0.4) is 0 Å². The van der Waals surface area contributed by atoms with Crippen LogP contribution < -0.4 is 10.6 Å². The van der Waals surface area contributed by atoms with E-state index in [0.29, 0.717) is 0 Å². The molecule has 2 unspecified atom stereocenters. The molecule has 0 aromatic heterocycles. The quantitative estimate of drug-likeness (QED) is 0.666. The molecule has 0 heterocycles. The molecule has 0 spiro atoms. The van der Waals surface area contributed by atoms with Gasteiger partial charge in [-0.15, -0.1) is 0 Å². The number of carbonyl (C=O) groups excluding carboxylic acids is 2. The van der Waals surface area contributed by atoms with Crippen LogP contribution in [0.1, 0.15) is 27.7 Å². The molecule has 108 valence electrons. The van der Waals surface area contributed by atoms with E-state index < -0.39 is 28.6 Å². The largest absolute Gasteiger partial charge is 0.481 e. The van der Waals surface area contributed by atoms with E-state index in [1.54, 1.807) is 27.7 Å². The van der Waals surface area contributed by atoms with Crippen LogP contribution in [-0.2, 0) is 14.4 Å². The van der Waals surface area contributed by atoms with Crippen molar-refractivity contribution in [3.8, 4) is 0 Å². The van der Waals surface area contributed by atoms with Gasteiger partial charge in [0.05, 0.1) is 17.3 Å². The van der Waals surface area contributed by atoms with Crippen molar-refractivity contribution >= 4 is 17.8 Å². The fraction of sp³-hybridized carbons (Fsp3) is 0.769. The molecule has 0 saturated heterocycles. The van der Waals surface area contributed by atoms with E-state index in [4.69, 9.17) is 5.11 Å². The number of hydrogen-bond donors (Lipinski definition) is 3. The van der Waals surface area contributed by atoms with Crippen molar-refractivity contribution < 1.29 is 19.5 Å². The van der Waals surface area contributed by atoms with Gasteiger partial charge < -0.3 is 15.7 Å². The number of aliphatic carboxylic acids is 1. The zero-order valence-corrected chi connectivity index (χ0v) is 12.0. The minimum Gasteiger partial charge on any atom is -0.481 e. The molecule has 0 radical (unpaired) electrons. The summed E-state index contributed by atoms with van der Waals surface area (Å²) in [6.07, 6.45) is 0. The fourth-order valence-corrected chi connectivity index (χ4v) is 2.42. The van der Waals surface area contributed by atoms with Crippen molar-refractivity contribution in [3.05, 3.63) is 0 Å². The van der Waals surface area contributed by atoms with E-state index in [1.165, 1.54) is 7.05 Å². The molecule has 2 amide bonds. The highest BCUT2D eigenvalue weighted by atomic mass is 16.4. The summed E-state index contributed by atoms with van der Waals surface area (Å²) in [7, 11) is 1.54. The van der Waals surface area contributed by atoms with Crippen LogP contribution in [0.2, 0.25) is 0 Å². The van der Waals surface area contributed by atoms with Gasteiger partial charge in [0.2, 0.25) is 11.8 Å². The van der Waals surface area contributed by atoms with E-state index >= 15 is 0 Å². The summed E-state index contributed by atoms with van der Waals surface area (Å²) in [6.45, 7) is 7.15. The lowest BCUT2D eigenvalue weighted by Crippen LogP contribution is -2.44. The lowest BCUT2D eigenvalue weighted by molar-refractivity contribution is -0.140. The van der Waals surface area contributed by atoms with Crippen molar-refractivity contribution in [1.82, 2.24) is 10.6 Å². The van der Waals surface area contributed by atoms with Gasteiger partial charge in [0.1, 0.15) is 0 Å². The lowest BCUT2D eigenvalue weighted by atomic mass is 9.92. The second-order valence-corrected chi connectivity index (χ2v) is 6.30. The van der Waals surface area contributed by atoms with Crippen LogP contribution in [0.25, 0.3) is 0 Å². The molecule has 1 fully saturated rings. The van der Waals surface area contributed by atoms with Crippen LogP contribution in [0.5, 0.6) is 0 Å². The number of hydrogen-bond acceptors (Lipinski definition) is 3. The highest BCUT2D eigenvalue weighted by molar-refractivity contribution is 5.92. The SMILES string of the molecule is CNC(=O)C(C)(C)CNC(=O)C1C(C(=O)O)C1(C)C. The Morgan fingerprint density at radius 3 is 2.11 bits per heavy atom. The first-order valence-electron chi connectivity index (χ1n) is 6.28. The first-order valence-corrected chi connectivity index (χ1v) is 6.28. The van der Waals surface area contributed by atoms with Gasteiger partial charge in [0.15, 0.2) is 0 Å². The topological polar surface area (TPSA) is 95.5 Å². The minimum absolute atomic E-state index is 0.169. The second-order valence-electron chi connectivity index (χ2n) is 6.30. The second kappa shape index (κ2) is 4.83. The Bertz CT molecular complexity index is 415. The summed E-state index contributed by atoms with van der Waals surface area (Å²) < 4.78 is 0. The van der Waals surface area contributed by atoms with Crippen LogP contribution in [0, 0.1) is 22.7 Å². The predicted octanol–water partition coefficient (Wildman–Crippen LogP) is 0.232. The summed E-state index contributed by atoms with van der Waals surface area (Å²) >= 11 is 0. The summed E-state index contributed by atoms with van der Waals surface area (Å²) in [6, 6.07) is 0. The average molecular weight is 270 g/mol. The number of nitrogens with one attached hydrogen (secondary N) is 2. The first kappa shape index (κ1) is 15.5. The number of rotatable bonds is 5. The summed E-state index contributed by atoms with van der Waals surface area (Å²) in [5.41, 5.74) is -1.24. The maximum atomic E-state index is 12.0. The Kier molecular flexibility index (Phi) is 3.93. The smallest absolute Gasteiger partial charge is 0.307 e. The maximum Gasteiger partial charge on any atom is 0.307 e. The number of carboxylic acids is 1. The number of carbonyl (C=O) groups is 3. The Balaban J connectivity index is 2.59. The van der Waals surface area contributed by atoms with Crippen LogP contribution in [0.4, 0.5) is 0 Å². The van der Waals surface area contributed by atoms with Gasteiger partial charge in [0, 0.05) is 13.6 Å². The van der Waals surface area contributed by atoms with Gasteiger partial charge in [-0.05, 0) is 19.3 Å². The van der Waals surface area contributed by atoms with Gasteiger partial charge in [-0.25, -0.2) is 0 Å². The molecule has 1 saturated carbocycles. The molecule has 0 aliphatic heterocycles. The molecule has 6 heteroatoms. The molecule has 0 bridgehead atoms. The Labute approximate surface area is 112 Å². The van der Waals surface area contributed by atoms with Gasteiger partial charge in [0.25, 0.3) is 0 Å². The molecule has 6 nitrogen and oxygen atoms in total. The summed E-state index contributed by atoms with van der Waals surface area (Å²) in [4.78, 5) is 34.6. The zero-order valence-electron chi connectivity index (χ0n) is 12.0. The summed E-state index contributed by atoms with van der Waals surface area (Å²) in [5.74, 6) is -2.58. The van der Waals surface area contributed by atoms with Crippen LogP contribution in [0.15, 0.2) is 0 Å². The van der Waals surface area contributed by atoms with Crippen molar-refractivity contribution in [2.24, 2.45) is 22.7 Å². The third-order valence-electron chi connectivity index (χ3n) is 3.92. The normalized spacial score (nSPS) is 24.5. The predicted molar refractivity (Wildman–Crippen MR) is 69.3 cm³/mol. The third kappa shape index (κ3) is 2.88. The van der Waals surface area contributed by atoms with Crippen molar-refractivity contribution in [1.29, 1.82) is 0 Å². The fourth-order valence-electron chi connectivity index (χ4n) is 2.42. The standard InChI is InChI=1S/C13H22N2O4/c1-12(2,11(19)14-5)6-15-9(16)7-8(10(17)18)13(7,3)4/h7-8H,6H2,1-5H3,(H,14,19)(H,15,16)(H,17,18). The van der Waals surface area contributed by atoms with E-state index in [-0.39, 0.29) is 18.4 Å². The zero-order chi connectivity index (χ0) is 15.0. The first-order chi connectivity index (χ1) is 8.55. The van der Waals surface area contributed by atoms with E-state index in [0.717, 1.165) is 0 Å². The van der Waals surface area contributed by atoms with Crippen LogP contribution in [-0.4, -0.2) is 36.5 Å². The molecule has 1 rings (SSSR count). The molecular formula is C13H22N2O4.